The molecule has 6 aromatic carbocycles. The summed E-state index contributed by atoms with van der Waals surface area (Å²) in [6, 6.07) is 43.2. The first-order valence-corrected chi connectivity index (χ1v) is 44.7. The highest BCUT2D eigenvalue weighted by Crippen LogP contribution is 2.67. The van der Waals surface area contributed by atoms with Crippen molar-refractivity contribution in [3.8, 4) is 0 Å². The van der Waals surface area contributed by atoms with Crippen molar-refractivity contribution >= 4 is 8.60 Å². The molecule has 602 valence electrons. The molecule has 109 heavy (non-hydrogen) atoms. The monoisotopic (exact) mass is 1500 g/mol. The molecule has 0 radical (unpaired) electrons. The van der Waals surface area contributed by atoms with E-state index in [2.05, 4.69) is 296 Å². The quantitative estimate of drug-likeness (QED) is 0.0217. The van der Waals surface area contributed by atoms with Gasteiger partial charge in [0.1, 0.15) is 16.8 Å². The molecule has 6 rings (SSSR count). The molecule has 0 aliphatic heterocycles. The molecule has 3 nitrogen and oxygen atoms in total. The van der Waals surface area contributed by atoms with Gasteiger partial charge in [-0.25, -0.2) is 0 Å². The van der Waals surface area contributed by atoms with Crippen LogP contribution in [0.15, 0.2) is 146 Å². The Hall–Kier alpha value is -5.15. The predicted molar refractivity (Wildman–Crippen MR) is 481 cm³/mol. The molecule has 0 saturated carbocycles. The Bertz CT molecular complexity index is 3300. The molecule has 0 amide bonds. The minimum absolute atomic E-state index is 0.367. The molecule has 0 saturated heterocycles. The van der Waals surface area contributed by atoms with E-state index in [4.69, 9.17) is 19.7 Å². The summed E-state index contributed by atoms with van der Waals surface area (Å²) < 4.78 is 28.4. The third-order valence-corrected chi connectivity index (χ3v) is 24.6. The van der Waals surface area contributed by atoms with Crippen LogP contribution >= 0.6 is 8.60 Å². The van der Waals surface area contributed by atoms with Gasteiger partial charge in [-0.15, -0.1) is 0 Å². The lowest BCUT2D eigenvalue weighted by molar-refractivity contribution is 0.00990. The molecule has 0 N–H and O–H groups in total. The van der Waals surface area contributed by atoms with Crippen molar-refractivity contribution in [1.82, 2.24) is 0 Å². The van der Waals surface area contributed by atoms with Gasteiger partial charge in [-0.2, -0.15) is 0 Å². The molecule has 0 fully saturated rings. The van der Waals surface area contributed by atoms with Crippen LogP contribution in [0.4, 0.5) is 0 Å². The average molecular weight is 1500 g/mol. The summed E-state index contributed by atoms with van der Waals surface area (Å²) >= 11 is 0. The second-order valence-corrected chi connectivity index (χ2v) is 40.8. The molecule has 0 bridgehead atoms. The van der Waals surface area contributed by atoms with Crippen LogP contribution in [0, 0.1) is 41.5 Å². The Morgan fingerprint density at radius 3 is 0.523 bits per heavy atom. The fourth-order valence-electron chi connectivity index (χ4n) is 16.9. The van der Waals surface area contributed by atoms with Crippen LogP contribution in [0.25, 0.3) is 0 Å². The largest absolute Gasteiger partial charge is 0.337 e. The minimum atomic E-state index is -2.77. The van der Waals surface area contributed by atoms with E-state index < -0.39 is 25.4 Å². The van der Waals surface area contributed by atoms with Crippen molar-refractivity contribution in [2.75, 3.05) is 0 Å². The van der Waals surface area contributed by atoms with Gasteiger partial charge in [0.25, 0.3) is 0 Å². The maximum atomic E-state index is 9.46. The van der Waals surface area contributed by atoms with Crippen molar-refractivity contribution in [2.45, 2.75) is 410 Å². The highest BCUT2D eigenvalue weighted by molar-refractivity contribution is 7.41. The fraction of sp³-hybridized carbons (Fsp3) is 0.600. The third kappa shape index (κ3) is 24.2. The molecule has 0 spiro atoms. The number of rotatable bonds is 42. The van der Waals surface area contributed by atoms with Gasteiger partial charge < -0.3 is 0 Å². The smallest absolute Gasteiger partial charge is 0.291 e. The van der Waals surface area contributed by atoms with Crippen molar-refractivity contribution in [3.05, 3.63) is 246 Å². The van der Waals surface area contributed by atoms with Crippen molar-refractivity contribution in [1.29, 1.82) is 0 Å². The Morgan fingerprint density at radius 1 is 0.229 bits per heavy atom. The van der Waals surface area contributed by atoms with Crippen LogP contribution in [0.1, 0.15) is 419 Å². The number of benzene rings is 6. The molecular formula is C105H159O3P. The van der Waals surface area contributed by atoms with Gasteiger partial charge in [0.2, 0.25) is 0 Å². The molecule has 6 aromatic rings. The number of unbranched alkanes of at least 4 members (excludes halogenated alkanes) is 21. The van der Waals surface area contributed by atoms with Crippen molar-refractivity contribution < 1.29 is 13.6 Å². The van der Waals surface area contributed by atoms with Crippen LogP contribution in [-0.4, -0.2) is 0 Å². The zero-order valence-electron chi connectivity index (χ0n) is 75.3. The second-order valence-electron chi connectivity index (χ2n) is 39.8. The summed E-state index contributed by atoms with van der Waals surface area (Å²) in [5, 5.41) is 0. The lowest BCUT2D eigenvalue weighted by Gasteiger charge is -2.50. The lowest BCUT2D eigenvalue weighted by atomic mass is 9.68. The van der Waals surface area contributed by atoms with Crippen LogP contribution in [0.5, 0.6) is 0 Å². The first-order valence-electron chi connectivity index (χ1n) is 43.6. The van der Waals surface area contributed by atoms with E-state index in [0.29, 0.717) is 0 Å². The topological polar surface area (TPSA) is 27.7 Å². The molecule has 0 aliphatic carbocycles. The first kappa shape index (κ1) is 92.7. The van der Waals surface area contributed by atoms with Gasteiger partial charge in [-0.3, -0.25) is 13.6 Å². The van der Waals surface area contributed by atoms with Crippen LogP contribution in [-0.2, 0) is 62.9 Å². The standard InChI is InChI=1S/C105H159O3P/c1-31-34-37-40-43-46-49-52-55-82(10)103(85-64-58-76(4)70-91(85)97(13,14)15,86-65-59-77(5)71-92(86)98(16,17)18)106-109(107-104(83(11)56-53-50-47-44-41-38-35-32-2,87-66-60-78(6)72-93(87)99(19,20)21)88-67-61-79(7)73-94(88)100(22,23)24)108-105(84(12)57-54-51-48-45-42-39-36-33-3,89-68-62-80(8)74-95(89)101(25,26)27)90-69-63-81(9)75-96(90)102(28,29)30/h58-75H,10-12,31-57H2,1-9,13-30H3. The molecule has 0 atom stereocenters. The van der Waals surface area contributed by atoms with Gasteiger partial charge in [0.05, 0.1) is 0 Å². The Balaban J connectivity index is 2.05. The highest BCUT2D eigenvalue weighted by Gasteiger charge is 2.56. The Kier molecular flexibility index (Phi) is 34.2. The number of aryl methyl sites for hydroxylation is 6. The van der Waals surface area contributed by atoms with Crippen LogP contribution in [0.2, 0.25) is 0 Å². The summed E-state index contributed by atoms with van der Waals surface area (Å²) in [4.78, 5) is 0. The van der Waals surface area contributed by atoms with E-state index in [1.807, 2.05) is 0 Å². The fourth-order valence-corrected chi connectivity index (χ4v) is 18.7. The van der Waals surface area contributed by atoms with E-state index in [-0.39, 0.29) is 32.5 Å². The summed E-state index contributed by atoms with van der Waals surface area (Å²) in [7, 11) is -2.77. The third-order valence-electron chi connectivity index (χ3n) is 23.3. The maximum absolute atomic E-state index is 9.46. The molecule has 4 heteroatoms. The van der Waals surface area contributed by atoms with Crippen molar-refractivity contribution in [3.63, 3.8) is 0 Å². The summed E-state index contributed by atoms with van der Waals surface area (Å²) in [5.74, 6) is 0. The van der Waals surface area contributed by atoms with Gasteiger partial charge in [-0.05, 0) is 196 Å². The normalized spacial score (nSPS) is 13.1. The molecule has 0 heterocycles. The number of hydrogen-bond acceptors (Lipinski definition) is 3. The van der Waals surface area contributed by atoms with Gasteiger partial charge in [0, 0.05) is 0 Å². The molecular weight excluding hydrogens is 1340 g/mol. The zero-order valence-corrected chi connectivity index (χ0v) is 76.2. The Labute approximate surface area is 673 Å². The van der Waals surface area contributed by atoms with Gasteiger partial charge >= 0.3 is 8.60 Å². The van der Waals surface area contributed by atoms with Crippen LogP contribution < -0.4 is 0 Å². The van der Waals surface area contributed by atoms with E-state index in [0.717, 1.165) is 108 Å². The number of hydrogen-bond donors (Lipinski definition) is 0. The summed E-state index contributed by atoms with van der Waals surface area (Å²) in [6.07, 6.45) is 30.7. The highest BCUT2D eigenvalue weighted by atomic mass is 31.2. The van der Waals surface area contributed by atoms with Crippen molar-refractivity contribution in [2.24, 2.45) is 0 Å². The second kappa shape index (κ2) is 40.2. The molecule has 0 unspecified atom stereocenters. The summed E-state index contributed by atoms with van der Waals surface area (Å²) in [5.41, 5.74) is 17.5. The SMILES string of the molecule is C=C(CCCCCCCCCC)C(OP(OC(C(=C)CCCCCCCCCC)(c1ccc(C)cc1C(C)(C)C)c1ccc(C)cc1C(C)(C)C)OC(C(=C)CCCCCCCCCC)(c1ccc(C)cc1C(C)(C)C)c1ccc(C)cc1C(C)(C)C)(c1ccc(C)cc1C(C)(C)C)c1ccc(C)cc1C(C)(C)C. The average Bonchev–Trinajstić information content (AvgIpc) is 0.714. The van der Waals surface area contributed by atoms with Crippen LogP contribution in [0.3, 0.4) is 0 Å². The van der Waals surface area contributed by atoms with E-state index in [1.54, 1.807) is 0 Å². The van der Waals surface area contributed by atoms with Gasteiger partial charge in [-0.1, -0.05) is 443 Å². The van der Waals surface area contributed by atoms with E-state index in [9.17, 15) is 13.6 Å². The minimum Gasteiger partial charge on any atom is -0.291 e. The van der Waals surface area contributed by atoms with Gasteiger partial charge in [0.15, 0.2) is 0 Å². The van der Waals surface area contributed by atoms with E-state index >= 15 is 0 Å². The predicted octanol–water partition coefficient (Wildman–Crippen LogP) is 33.0. The first-order chi connectivity index (χ1) is 51.0. The Morgan fingerprint density at radius 2 is 0.376 bits per heavy atom. The lowest BCUT2D eigenvalue weighted by Crippen LogP contribution is -2.43. The maximum Gasteiger partial charge on any atom is 0.337 e. The molecule has 0 aromatic heterocycles. The van der Waals surface area contributed by atoms with E-state index in [1.165, 1.54) is 182 Å². The summed E-state index contributed by atoms with van der Waals surface area (Å²) in [6.45, 7) is 80.3. The molecule has 0 aliphatic rings. The zero-order chi connectivity index (χ0) is 81.1.